The SMILES string of the molecule is CN(/C=C(/C#N)C(=O)NC1CCCCC1)c1ccccc1. The third-order valence-electron chi connectivity index (χ3n) is 3.79. The molecule has 4 heteroatoms. The molecule has 2 rings (SSSR count). The van der Waals surface area contributed by atoms with Gasteiger partial charge in [-0.15, -0.1) is 0 Å². The molecule has 0 unspecified atom stereocenters. The molecule has 21 heavy (non-hydrogen) atoms. The summed E-state index contributed by atoms with van der Waals surface area (Å²) in [6, 6.07) is 11.9. The Morgan fingerprint density at radius 2 is 1.95 bits per heavy atom. The number of anilines is 1. The standard InChI is InChI=1S/C17H21N3O/c1-20(16-10-6-3-7-11-16)13-14(12-18)17(21)19-15-8-4-2-5-9-15/h3,6-7,10-11,13,15H,2,4-5,8-9H2,1H3,(H,19,21)/b14-13-. The molecule has 0 heterocycles. The van der Waals surface area contributed by atoms with Crippen LogP contribution in [-0.2, 0) is 4.79 Å². The van der Waals surface area contributed by atoms with E-state index in [9.17, 15) is 10.1 Å². The molecule has 110 valence electrons. The number of hydrogen-bond acceptors (Lipinski definition) is 3. The van der Waals surface area contributed by atoms with Crippen molar-refractivity contribution in [2.24, 2.45) is 0 Å². The van der Waals surface area contributed by atoms with E-state index in [-0.39, 0.29) is 17.5 Å². The number of carbonyl (C=O) groups excluding carboxylic acids is 1. The Balaban J connectivity index is 2.02. The van der Waals surface area contributed by atoms with Crippen molar-refractivity contribution in [2.45, 2.75) is 38.1 Å². The minimum Gasteiger partial charge on any atom is -0.350 e. The summed E-state index contributed by atoms with van der Waals surface area (Å²) in [6.07, 6.45) is 7.16. The fourth-order valence-corrected chi connectivity index (χ4v) is 2.58. The molecule has 4 nitrogen and oxygen atoms in total. The summed E-state index contributed by atoms with van der Waals surface area (Å²) in [6.45, 7) is 0. The van der Waals surface area contributed by atoms with E-state index in [1.54, 1.807) is 11.1 Å². The average Bonchev–Trinajstić information content (AvgIpc) is 2.54. The lowest BCUT2D eigenvalue weighted by Crippen LogP contribution is -2.37. The molecular weight excluding hydrogens is 262 g/mol. The van der Waals surface area contributed by atoms with Crippen molar-refractivity contribution in [3.8, 4) is 6.07 Å². The van der Waals surface area contributed by atoms with Crippen molar-refractivity contribution in [3.63, 3.8) is 0 Å². The summed E-state index contributed by atoms with van der Waals surface area (Å²) < 4.78 is 0. The highest BCUT2D eigenvalue weighted by atomic mass is 16.1. The minimum atomic E-state index is -0.271. The second-order valence-electron chi connectivity index (χ2n) is 5.41. The molecule has 0 spiro atoms. The number of nitrogens with zero attached hydrogens (tertiary/aromatic N) is 2. The highest BCUT2D eigenvalue weighted by molar-refractivity contribution is 5.97. The molecule has 0 radical (unpaired) electrons. The Kier molecular flexibility index (Phi) is 5.39. The Morgan fingerprint density at radius 1 is 1.29 bits per heavy atom. The molecule has 0 bridgehead atoms. The van der Waals surface area contributed by atoms with Crippen LogP contribution >= 0.6 is 0 Å². The number of carbonyl (C=O) groups is 1. The molecular formula is C17H21N3O. The lowest BCUT2D eigenvalue weighted by Gasteiger charge is -2.23. The smallest absolute Gasteiger partial charge is 0.263 e. The van der Waals surface area contributed by atoms with E-state index < -0.39 is 0 Å². The molecule has 1 saturated carbocycles. The van der Waals surface area contributed by atoms with Gasteiger partial charge in [0, 0.05) is 25.0 Å². The maximum absolute atomic E-state index is 12.2. The van der Waals surface area contributed by atoms with Crippen molar-refractivity contribution >= 4 is 11.6 Å². The average molecular weight is 283 g/mol. The van der Waals surface area contributed by atoms with Gasteiger partial charge in [0.2, 0.25) is 0 Å². The summed E-state index contributed by atoms with van der Waals surface area (Å²) in [5.41, 5.74) is 1.09. The summed E-state index contributed by atoms with van der Waals surface area (Å²) in [5.74, 6) is -0.271. The van der Waals surface area contributed by atoms with Crippen LogP contribution in [0.3, 0.4) is 0 Å². The molecule has 0 aliphatic heterocycles. The Hall–Kier alpha value is -2.28. The van der Waals surface area contributed by atoms with Crippen LogP contribution < -0.4 is 10.2 Å². The highest BCUT2D eigenvalue weighted by Crippen LogP contribution is 2.18. The van der Waals surface area contributed by atoms with Gasteiger partial charge in [-0.2, -0.15) is 5.26 Å². The number of para-hydroxylation sites is 1. The summed E-state index contributed by atoms with van der Waals surface area (Å²) in [4.78, 5) is 14.0. The predicted octanol–water partition coefficient (Wildman–Crippen LogP) is 2.98. The highest BCUT2D eigenvalue weighted by Gasteiger charge is 2.18. The van der Waals surface area contributed by atoms with Crippen molar-refractivity contribution in [1.29, 1.82) is 5.26 Å². The quantitative estimate of drug-likeness (QED) is 0.682. The van der Waals surface area contributed by atoms with Gasteiger partial charge in [-0.3, -0.25) is 4.79 Å². The van der Waals surface area contributed by atoms with Crippen LogP contribution in [-0.4, -0.2) is 19.0 Å². The van der Waals surface area contributed by atoms with Gasteiger partial charge < -0.3 is 10.2 Å². The molecule has 1 N–H and O–H groups in total. The largest absolute Gasteiger partial charge is 0.350 e. The van der Waals surface area contributed by atoms with Crippen LogP contribution in [0.15, 0.2) is 42.1 Å². The predicted molar refractivity (Wildman–Crippen MR) is 83.6 cm³/mol. The third kappa shape index (κ3) is 4.35. The molecule has 1 aromatic rings. The zero-order valence-corrected chi connectivity index (χ0v) is 12.4. The van der Waals surface area contributed by atoms with Gasteiger partial charge in [0.05, 0.1) is 0 Å². The van der Waals surface area contributed by atoms with Gasteiger partial charge in [-0.05, 0) is 25.0 Å². The van der Waals surface area contributed by atoms with Crippen molar-refractivity contribution in [3.05, 3.63) is 42.1 Å². The third-order valence-corrected chi connectivity index (χ3v) is 3.79. The first-order valence-corrected chi connectivity index (χ1v) is 7.41. The van der Waals surface area contributed by atoms with Gasteiger partial charge in [0.1, 0.15) is 11.6 Å². The van der Waals surface area contributed by atoms with Gasteiger partial charge in [0.15, 0.2) is 0 Å². The van der Waals surface area contributed by atoms with Crippen LogP contribution in [0.1, 0.15) is 32.1 Å². The van der Waals surface area contributed by atoms with E-state index in [1.807, 2.05) is 43.4 Å². The number of benzene rings is 1. The maximum Gasteiger partial charge on any atom is 0.263 e. The summed E-state index contributed by atoms with van der Waals surface area (Å²) in [5, 5.41) is 12.2. The van der Waals surface area contributed by atoms with E-state index in [2.05, 4.69) is 5.32 Å². The number of nitriles is 1. The monoisotopic (exact) mass is 283 g/mol. The fourth-order valence-electron chi connectivity index (χ4n) is 2.58. The molecule has 1 fully saturated rings. The maximum atomic E-state index is 12.2. The summed E-state index contributed by atoms with van der Waals surface area (Å²) in [7, 11) is 1.83. The van der Waals surface area contributed by atoms with Gasteiger partial charge in [-0.25, -0.2) is 0 Å². The number of hydrogen-bond donors (Lipinski definition) is 1. The normalized spacial score (nSPS) is 16.1. The van der Waals surface area contributed by atoms with E-state index >= 15 is 0 Å². The number of nitrogens with one attached hydrogen (secondary N) is 1. The minimum absolute atomic E-state index is 0.145. The van der Waals surface area contributed by atoms with Crippen LogP contribution in [0.4, 0.5) is 5.69 Å². The van der Waals surface area contributed by atoms with Crippen molar-refractivity contribution < 1.29 is 4.79 Å². The van der Waals surface area contributed by atoms with Gasteiger partial charge in [0.25, 0.3) is 5.91 Å². The molecule has 1 amide bonds. The van der Waals surface area contributed by atoms with E-state index in [1.165, 1.54) is 6.42 Å². The second kappa shape index (κ2) is 7.49. The Bertz CT molecular complexity index is 539. The van der Waals surface area contributed by atoms with E-state index in [0.29, 0.717) is 0 Å². The zero-order chi connectivity index (χ0) is 15.1. The number of amides is 1. The molecule has 1 aliphatic carbocycles. The molecule has 0 saturated heterocycles. The number of rotatable bonds is 4. The van der Waals surface area contributed by atoms with E-state index in [4.69, 9.17) is 0 Å². The summed E-state index contributed by atoms with van der Waals surface area (Å²) >= 11 is 0. The Labute approximate surface area is 126 Å². The molecule has 1 aliphatic rings. The fraction of sp³-hybridized carbons (Fsp3) is 0.412. The first-order valence-electron chi connectivity index (χ1n) is 7.41. The lowest BCUT2D eigenvalue weighted by atomic mass is 9.95. The van der Waals surface area contributed by atoms with Gasteiger partial charge >= 0.3 is 0 Å². The second-order valence-corrected chi connectivity index (χ2v) is 5.41. The molecule has 1 aromatic carbocycles. The molecule has 0 atom stereocenters. The van der Waals surface area contributed by atoms with E-state index in [0.717, 1.165) is 31.4 Å². The van der Waals surface area contributed by atoms with Crippen LogP contribution in [0, 0.1) is 11.3 Å². The molecule has 0 aromatic heterocycles. The van der Waals surface area contributed by atoms with Crippen LogP contribution in [0.25, 0.3) is 0 Å². The van der Waals surface area contributed by atoms with Crippen molar-refractivity contribution in [1.82, 2.24) is 5.32 Å². The topological polar surface area (TPSA) is 56.1 Å². The van der Waals surface area contributed by atoms with Gasteiger partial charge in [-0.1, -0.05) is 37.5 Å². The van der Waals surface area contributed by atoms with Crippen LogP contribution in [0.2, 0.25) is 0 Å². The first-order chi connectivity index (χ1) is 10.2. The first kappa shape index (κ1) is 15.1. The van der Waals surface area contributed by atoms with Crippen molar-refractivity contribution in [2.75, 3.05) is 11.9 Å². The van der Waals surface area contributed by atoms with Crippen LogP contribution in [0.5, 0.6) is 0 Å². The Morgan fingerprint density at radius 3 is 2.57 bits per heavy atom. The lowest BCUT2D eigenvalue weighted by molar-refractivity contribution is -0.118. The zero-order valence-electron chi connectivity index (χ0n) is 12.4.